The second kappa shape index (κ2) is 7.92. The lowest BCUT2D eigenvalue weighted by Gasteiger charge is -2.25. The van der Waals surface area contributed by atoms with Crippen LogP contribution in [0.5, 0.6) is 5.88 Å². The molecule has 0 N–H and O–H groups in total. The standard InChI is InChI=1S/C18H23N5O2/c1-3-25-18-17(20-8-9-21-18)23-10-6-15(13-23)22(2)16(24)11-14-5-4-7-19-12-14/h4-5,7-9,12,15H,3,6,10-11,13H2,1-2H3/t15-/m0/s1. The molecular formula is C18H23N5O2. The largest absolute Gasteiger partial charge is 0.475 e. The molecule has 1 aliphatic heterocycles. The highest BCUT2D eigenvalue weighted by Crippen LogP contribution is 2.27. The molecule has 7 nitrogen and oxygen atoms in total. The lowest BCUT2D eigenvalue weighted by molar-refractivity contribution is -0.130. The van der Waals surface area contributed by atoms with Crippen molar-refractivity contribution in [1.82, 2.24) is 19.9 Å². The van der Waals surface area contributed by atoms with Crippen molar-refractivity contribution in [1.29, 1.82) is 0 Å². The number of amides is 1. The SMILES string of the molecule is CCOc1nccnc1N1CC[C@H](N(C)C(=O)Cc2cccnc2)C1. The summed E-state index contributed by atoms with van der Waals surface area (Å²) in [6.45, 7) is 4.03. The highest BCUT2D eigenvalue weighted by atomic mass is 16.5. The maximum Gasteiger partial charge on any atom is 0.257 e. The number of rotatable bonds is 6. The van der Waals surface area contributed by atoms with Crippen molar-refractivity contribution < 1.29 is 9.53 Å². The van der Waals surface area contributed by atoms with E-state index in [-0.39, 0.29) is 11.9 Å². The first-order valence-corrected chi connectivity index (χ1v) is 8.52. The van der Waals surface area contributed by atoms with Gasteiger partial charge >= 0.3 is 0 Å². The summed E-state index contributed by atoms with van der Waals surface area (Å²) in [7, 11) is 1.87. The Bertz CT molecular complexity index is 710. The van der Waals surface area contributed by atoms with Crippen LogP contribution < -0.4 is 9.64 Å². The van der Waals surface area contributed by atoms with Gasteiger partial charge in [-0.1, -0.05) is 6.07 Å². The van der Waals surface area contributed by atoms with Crippen molar-refractivity contribution >= 4 is 11.7 Å². The molecule has 0 unspecified atom stereocenters. The molecule has 0 spiro atoms. The van der Waals surface area contributed by atoms with Crippen LogP contribution in [0.15, 0.2) is 36.9 Å². The number of carbonyl (C=O) groups is 1. The smallest absolute Gasteiger partial charge is 0.257 e. The average Bonchev–Trinajstić information content (AvgIpc) is 3.12. The number of nitrogens with zero attached hydrogens (tertiary/aromatic N) is 5. The van der Waals surface area contributed by atoms with E-state index in [1.807, 2.05) is 31.0 Å². The summed E-state index contributed by atoms with van der Waals surface area (Å²) in [5.74, 6) is 1.40. The van der Waals surface area contributed by atoms with E-state index >= 15 is 0 Å². The molecule has 2 aromatic heterocycles. The summed E-state index contributed by atoms with van der Waals surface area (Å²) in [5.41, 5.74) is 0.932. The highest BCUT2D eigenvalue weighted by molar-refractivity contribution is 5.79. The molecule has 0 aromatic carbocycles. The maximum atomic E-state index is 12.5. The molecule has 25 heavy (non-hydrogen) atoms. The third kappa shape index (κ3) is 4.04. The molecule has 0 radical (unpaired) electrons. The lowest BCUT2D eigenvalue weighted by Crippen LogP contribution is -2.40. The van der Waals surface area contributed by atoms with Gasteiger partial charge in [0, 0.05) is 44.9 Å². The minimum atomic E-state index is 0.101. The summed E-state index contributed by atoms with van der Waals surface area (Å²) in [4.78, 5) is 29.2. The predicted molar refractivity (Wildman–Crippen MR) is 94.5 cm³/mol. The van der Waals surface area contributed by atoms with E-state index in [1.54, 1.807) is 24.8 Å². The number of hydrogen-bond acceptors (Lipinski definition) is 6. The summed E-state index contributed by atoms with van der Waals surface area (Å²) in [6.07, 6.45) is 8.02. The zero-order valence-electron chi connectivity index (χ0n) is 14.6. The van der Waals surface area contributed by atoms with Crippen LogP contribution in [0.25, 0.3) is 0 Å². The van der Waals surface area contributed by atoms with Gasteiger partial charge in [-0.15, -0.1) is 0 Å². The number of likely N-dealkylation sites (N-methyl/N-ethyl adjacent to an activating group) is 1. The van der Waals surface area contributed by atoms with Gasteiger partial charge in [-0.05, 0) is 25.0 Å². The van der Waals surface area contributed by atoms with E-state index in [1.165, 1.54) is 0 Å². The highest BCUT2D eigenvalue weighted by Gasteiger charge is 2.30. The van der Waals surface area contributed by atoms with Gasteiger partial charge in [0.05, 0.1) is 19.1 Å². The summed E-state index contributed by atoms with van der Waals surface area (Å²) in [6, 6.07) is 3.93. The minimum Gasteiger partial charge on any atom is -0.475 e. The molecule has 3 rings (SSSR count). The molecule has 1 saturated heterocycles. The van der Waals surface area contributed by atoms with Gasteiger partial charge in [-0.25, -0.2) is 9.97 Å². The van der Waals surface area contributed by atoms with Crippen molar-refractivity contribution in [2.45, 2.75) is 25.8 Å². The van der Waals surface area contributed by atoms with Gasteiger partial charge in [-0.3, -0.25) is 9.78 Å². The third-order valence-electron chi connectivity index (χ3n) is 4.41. The number of ether oxygens (including phenoxy) is 1. The second-order valence-electron chi connectivity index (χ2n) is 6.05. The second-order valence-corrected chi connectivity index (χ2v) is 6.05. The van der Waals surface area contributed by atoms with Gasteiger partial charge in [0.2, 0.25) is 5.91 Å². The van der Waals surface area contributed by atoms with Crippen molar-refractivity contribution in [2.24, 2.45) is 0 Å². The normalized spacial score (nSPS) is 16.7. The van der Waals surface area contributed by atoms with Crippen LogP contribution in [0.1, 0.15) is 18.9 Å². The van der Waals surface area contributed by atoms with Gasteiger partial charge < -0.3 is 14.5 Å². The summed E-state index contributed by atoms with van der Waals surface area (Å²) < 4.78 is 5.57. The van der Waals surface area contributed by atoms with Gasteiger partial charge in [-0.2, -0.15) is 0 Å². The Hall–Kier alpha value is -2.70. The van der Waals surface area contributed by atoms with E-state index in [9.17, 15) is 4.79 Å². The van der Waals surface area contributed by atoms with Crippen molar-refractivity contribution in [2.75, 3.05) is 31.6 Å². The Labute approximate surface area is 147 Å². The fourth-order valence-corrected chi connectivity index (χ4v) is 3.03. The first kappa shape index (κ1) is 17.1. The molecule has 0 aliphatic carbocycles. The molecule has 1 fully saturated rings. The van der Waals surface area contributed by atoms with E-state index in [4.69, 9.17) is 4.74 Å². The maximum absolute atomic E-state index is 12.5. The zero-order chi connectivity index (χ0) is 17.6. The molecule has 1 amide bonds. The Morgan fingerprint density at radius 3 is 2.96 bits per heavy atom. The average molecular weight is 341 g/mol. The monoisotopic (exact) mass is 341 g/mol. The Morgan fingerprint density at radius 1 is 1.36 bits per heavy atom. The van der Waals surface area contributed by atoms with Gasteiger partial charge in [0.25, 0.3) is 5.88 Å². The van der Waals surface area contributed by atoms with Gasteiger partial charge in [0.1, 0.15) is 0 Å². The van der Waals surface area contributed by atoms with Crippen molar-refractivity contribution in [3.8, 4) is 5.88 Å². The lowest BCUT2D eigenvalue weighted by atomic mass is 10.1. The topological polar surface area (TPSA) is 71.5 Å². The molecule has 1 aliphatic rings. The molecule has 1 atom stereocenters. The van der Waals surface area contributed by atoms with Crippen LogP contribution in [0.4, 0.5) is 5.82 Å². The number of anilines is 1. The molecular weight excluding hydrogens is 318 g/mol. The Morgan fingerprint density at radius 2 is 2.20 bits per heavy atom. The minimum absolute atomic E-state index is 0.101. The van der Waals surface area contributed by atoms with Crippen molar-refractivity contribution in [3.05, 3.63) is 42.5 Å². The Balaban J connectivity index is 1.63. The molecule has 2 aromatic rings. The molecule has 3 heterocycles. The van der Waals surface area contributed by atoms with Crippen LogP contribution >= 0.6 is 0 Å². The van der Waals surface area contributed by atoms with Crippen LogP contribution in [0, 0.1) is 0 Å². The molecule has 0 bridgehead atoms. The zero-order valence-corrected chi connectivity index (χ0v) is 14.6. The van der Waals surface area contributed by atoms with E-state index in [2.05, 4.69) is 19.9 Å². The molecule has 0 saturated carbocycles. The van der Waals surface area contributed by atoms with Crippen molar-refractivity contribution in [3.63, 3.8) is 0 Å². The van der Waals surface area contributed by atoms with E-state index in [0.29, 0.717) is 18.9 Å². The summed E-state index contributed by atoms with van der Waals surface area (Å²) in [5, 5.41) is 0. The van der Waals surface area contributed by atoms with Crippen LogP contribution in [-0.4, -0.2) is 58.5 Å². The number of pyridine rings is 1. The Kier molecular flexibility index (Phi) is 5.42. The first-order valence-electron chi connectivity index (χ1n) is 8.52. The number of carbonyl (C=O) groups excluding carboxylic acids is 1. The first-order chi connectivity index (χ1) is 12.2. The van der Waals surface area contributed by atoms with Crippen LogP contribution in [0.3, 0.4) is 0 Å². The quantitative estimate of drug-likeness (QED) is 0.794. The van der Waals surface area contributed by atoms with E-state index < -0.39 is 0 Å². The third-order valence-corrected chi connectivity index (χ3v) is 4.41. The molecule has 132 valence electrons. The predicted octanol–water partition coefficient (Wildman–Crippen LogP) is 1.55. The van der Waals surface area contributed by atoms with Crippen LogP contribution in [-0.2, 0) is 11.2 Å². The number of hydrogen-bond donors (Lipinski definition) is 0. The van der Waals surface area contributed by atoms with Crippen LogP contribution in [0.2, 0.25) is 0 Å². The number of aromatic nitrogens is 3. The van der Waals surface area contributed by atoms with Gasteiger partial charge in [0.15, 0.2) is 5.82 Å². The molecule has 7 heteroatoms. The fourth-order valence-electron chi connectivity index (χ4n) is 3.03. The fraction of sp³-hybridized carbons (Fsp3) is 0.444. The van der Waals surface area contributed by atoms with E-state index in [0.717, 1.165) is 30.9 Å². The summed E-state index contributed by atoms with van der Waals surface area (Å²) >= 11 is 0.